The normalized spacial score (nSPS) is 13.2. The van der Waals surface area contributed by atoms with Gasteiger partial charge < -0.3 is 0 Å². The molecule has 16 heavy (non-hydrogen) atoms. The molecule has 0 heterocycles. The summed E-state index contributed by atoms with van der Waals surface area (Å²) >= 11 is 0. The van der Waals surface area contributed by atoms with Gasteiger partial charge in [-0.15, -0.1) is 0 Å². The Morgan fingerprint density at radius 1 is 0.812 bits per heavy atom. The van der Waals surface area contributed by atoms with Gasteiger partial charge in [0.1, 0.15) is 0 Å². The van der Waals surface area contributed by atoms with Gasteiger partial charge in [0.2, 0.25) is 0 Å². The van der Waals surface area contributed by atoms with E-state index >= 15 is 0 Å². The molecule has 0 aliphatic rings. The highest BCUT2D eigenvalue weighted by molar-refractivity contribution is 5.19. The molecule has 0 N–H and O–H groups in total. The van der Waals surface area contributed by atoms with Gasteiger partial charge in [0.15, 0.2) is 0 Å². The van der Waals surface area contributed by atoms with Crippen molar-refractivity contribution in [3.63, 3.8) is 0 Å². The van der Waals surface area contributed by atoms with Gasteiger partial charge in [0.25, 0.3) is 0 Å². The molecule has 0 aliphatic carbocycles. The Labute approximate surface area is 103 Å². The summed E-state index contributed by atoms with van der Waals surface area (Å²) < 4.78 is 0. The standard InChI is InChI=1S/C13H20.C2H6.CH4/c1-10(2)11(3)12(4)13-8-6-5-7-9-13;1-2;/h5-12H,1-4H3;1-2H3;1H4/t11-,12-;;/m0../s1. The first-order valence-corrected chi connectivity index (χ1v) is 6.18. The molecule has 0 nitrogen and oxygen atoms in total. The summed E-state index contributed by atoms with van der Waals surface area (Å²) in [5, 5.41) is 0. The number of rotatable bonds is 3. The lowest BCUT2D eigenvalue weighted by Gasteiger charge is -2.23. The smallest absolute Gasteiger partial charge is 0.0162 e. The Hall–Kier alpha value is -0.780. The fourth-order valence-electron chi connectivity index (χ4n) is 1.64. The van der Waals surface area contributed by atoms with Gasteiger partial charge in [0, 0.05) is 0 Å². The van der Waals surface area contributed by atoms with Crippen LogP contribution >= 0.6 is 0 Å². The summed E-state index contributed by atoms with van der Waals surface area (Å²) in [7, 11) is 0. The molecule has 0 spiro atoms. The van der Waals surface area contributed by atoms with Gasteiger partial charge in [-0.3, -0.25) is 0 Å². The van der Waals surface area contributed by atoms with Crippen molar-refractivity contribution < 1.29 is 0 Å². The van der Waals surface area contributed by atoms with E-state index in [2.05, 4.69) is 58.0 Å². The van der Waals surface area contributed by atoms with Crippen LogP contribution in [0.1, 0.15) is 60.5 Å². The zero-order chi connectivity index (χ0) is 11.8. The van der Waals surface area contributed by atoms with Crippen LogP contribution in [0.25, 0.3) is 0 Å². The topological polar surface area (TPSA) is 0 Å². The molecule has 94 valence electrons. The Balaban J connectivity index is 0. The maximum absolute atomic E-state index is 2.34. The Bertz CT molecular complexity index is 235. The predicted octanol–water partition coefficient (Wildman–Crippen LogP) is 5.74. The lowest BCUT2D eigenvalue weighted by atomic mass is 9.82. The van der Waals surface area contributed by atoms with Crippen molar-refractivity contribution in [2.75, 3.05) is 0 Å². The fourth-order valence-corrected chi connectivity index (χ4v) is 1.64. The summed E-state index contributed by atoms with van der Waals surface area (Å²) in [6, 6.07) is 10.8. The molecule has 0 saturated carbocycles. The minimum Gasteiger partial charge on any atom is -0.0776 e. The second-order valence-electron chi connectivity index (χ2n) is 4.30. The predicted molar refractivity (Wildman–Crippen MR) is 76.9 cm³/mol. The van der Waals surface area contributed by atoms with Crippen LogP contribution < -0.4 is 0 Å². The highest BCUT2D eigenvalue weighted by atomic mass is 14.2. The average Bonchev–Trinajstić information content (AvgIpc) is 2.31. The van der Waals surface area contributed by atoms with Gasteiger partial charge in [-0.2, -0.15) is 0 Å². The summed E-state index contributed by atoms with van der Waals surface area (Å²) in [5.41, 5.74) is 1.46. The van der Waals surface area contributed by atoms with Gasteiger partial charge in [-0.25, -0.2) is 0 Å². The van der Waals surface area contributed by atoms with E-state index in [0.717, 1.165) is 11.8 Å². The minimum atomic E-state index is 0. The summed E-state index contributed by atoms with van der Waals surface area (Å²) in [6.07, 6.45) is 0. The van der Waals surface area contributed by atoms with Crippen LogP contribution in [0.15, 0.2) is 30.3 Å². The van der Waals surface area contributed by atoms with Crippen molar-refractivity contribution in [3.8, 4) is 0 Å². The third-order valence-corrected chi connectivity index (χ3v) is 3.17. The van der Waals surface area contributed by atoms with Crippen molar-refractivity contribution in [2.45, 2.75) is 54.9 Å². The molecule has 1 aromatic carbocycles. The van der Waals surface area contributed by atoms with E-state index in [1.165, 1.54) is 5.56 Å². The van der Waals surface area contributed by atoms with Gasteiger partial charge in [0.05, 0.1) is 0 Å². The van der Waals surface area contributed by atoms with Crippen LogP contribution in [0.5, 0.6) is 0 Å². The van der Waals surface area contributed by atoms with E-state index in [1.54, 1.807) is 0 Å². The lowest BCUT2D eigenvalue weighted by molar-refractivity contribution is 0.362. The third-order valence-electron chi connectivity index (χ3n) is 3.17. The number of benzene rings is 1. The van der Waals surface area contributed by atoms with Gasteiger partial charge in [-0.05, 0) is 23.3 Å². The van der Waals surface area contributed by atoms with Crippen molar-refractivity contribution >= 4 is 0 Å². The first kappa shape index (κ1) is 17.6. The molecule has 1 aromatic rings. The molecule has 0 bridgehead atoms. The van der Waals surface area contributed by atoms with Gasteiger partial charge >= 0.3 is 0 Å². The van der Waals surface area contributed by atoms with Crippen molar-refractivity contribution in [3.05, 3.63) is 35.9 Å². The fraction of sp³-hybridized carbons (Fsp3) is 0.625. The van der Waals surface area contributed by atoms with E-state index < -0.39 is 0 Å². The zero-order valence-electron chi connectivity index (χ0n) is 11.1. The molecule has 0 aliphatic heterocycles. The summed E-state index contributed by atoms with van der Waals surface area (Å²) in [4.78, 5) is 0. The van der Waals surface area contributed by atoms with Crippen LogP contribution in [-0.4, -0.2) is 0 Å². The Kier molecular flexibility index (Phi) is 10.4. The molecular formula is C16H30. The highest BCUT2D eigenvalue weighted by Gasteiger charge is 2.16. The highest BCUT2D eigenvalue weighted by Crippen LogP contribution is 2.28. The molecule has 0 fully saturated rings. The first-order valence-electron chi connectivity index (χ1n) is 6.18. The lowest BCUT2D eigenvalue weighted by Crippen LogP contribution is -2.12. The molecular weight excluding hydrogens is 192 g/mol. The molecule has 0 saturated heterocycles. The van der Waals surface area contributed by atoms with Crippen LogP contribution in [0.3, 0.4) is 0 Å². The van der Waals surface area contributed by atoms with Gasteiger partial charge in [-0.1, -0.05) is 79.3 Å². The monoisotopic (exact) mass is 222 g/mol. The molecule has 0 unspecified atom stereocenters. The van der Waals surface area contributed by atoms with Crippen molar-refractivity contribution in [1.82, 2.24) is 0 Å². The molecule has 0 heteroatoms. The molecule has 1 rings (SSSR count). The average molecular weight is 222 g/mol. The summed E-state index contributed by atoms with van der Waals surface area (Å²) in [5.74, 6) is 2.18. The number of hydrogen-bond donors (Lipinski definition) is 0. The summed E-state index contributed by atoms with van der Waals surface area (Å²) in [6.45, 7) is 13.2. The molecule has 0 amide bonds. The van der Waals surface area contributed by atoms with Crippen molar-refractivity contribution in [1.29, 1.82) is 0 Å². The van der Waals surface area contributed by atoms with E-state index in [0.29, 0.717) is 5.92 Å². The van der Waals surface area contributed by atoms with Crippen LogP contribution in [0, 0.1) is 11.8 Å². The zero-order valence-corrected chi connectivity index (χ0v) is 11.1. The second kappa shape index (κ2) is 9.45. The van der Waals surface area contributed by atoms with Crippen molar-refractivity contribution in [2.24, 2.45) is 11.8 Å². The molecule has 0 aromatic heterocycles. The van der Waals surface area contributed by atoms with Crippen LogP contribution in [0.2, 0.25) is 0 Å². The SMILES string of the molecule is C.CC.CC(C)[C@H](C)[C@H](C)c1ccccc1. The second-order valence-corrected chi connectivity index (χ2v) is 4.30. The largest absolute Gasteiger partial charge is 0.0776 e. The van der Waals surface area contributed by atoms with Crippen LogP contribution in [0.4, 0.5) is 0 Å². The third kappa shape index (κ3) is 5.34. The Morgan fingerprint density at radius 3 is 1.62 bits per heavy atom. The maximum Gasteiger partial charge on any atom is -0.0162 e. The maximum atomic E-state index is 2.34. The minimum absolute atomic E-state index is 0. The molecule has 0 radical (unpaired) electrons. The first-order chi connectivity index (χ1) is 7.13. The van der Waals surface area contributed by atoms with E-state index in [9.17, 15) is 0 Å². The van der Waals surface area contributed by atoms with E-state index in [4.69, 9.17) is 0 Å². The number of hydrogen-bond acceptors (Lipinski definition) is 0. The van der Waals surface area contributed by atoms with E-state index in [-0.39, 0.29) is 7.43 Å². The van der Waals surface area contributed by atoms with Crippen LogP contribution in [-0.2, 0) is 0 Å². The quantitative estimate of drug-likeness (QED) is 0.611. The Morgan fingerprint density at radius 2 is 1.25 bits per heavy atom. The molecule has 2 atom stereocenters. The van der Waals surface area contributed by atoms with E-state index in [1.807, 2.05) is 13.8 Å².